The highest BCUT2D eigenvalue weighted by Crippen LogP contribution is 2.30. The third kappa shape index (κ3) is 3.92. The average Bonchev–Trinajstić information content (AvgIpc) is 3.05. The van der Waals surface area contributed by atoms with Gasteiger partial charge in [-0.3, -0.25) is 0 Å². The maximum Gasteiger partial charge on any atom is 0.240 e. The largest absolute Gasteiger partial charge is 0.492 e. The van der Waals surface area contributed by atoms with Crippen LogP contribution in [0.1, 0.15) is 13.3 Å². The Kier molecular flexibility index (Phi) is 4.44. The lowest BCUT2D eigenvalue weighted by atomic mass is 10.3. The number of benzene rings is 1. The van der Waals surface area contributed by atoms with Crippen molar-refractivity contribution in [3.8, 4) is 5.75 Å². The van der Waals surface area contributed by atoms with Crippen LogP contribution < -0.4 is 14.8 Å². The Morgan fingerprint density at radius 2 is 1.95 bits per heavy atom. The molecule has 1 aliphatic carbocycles. The molecule has 6 heteroatoms. The lowest BCUT2D eigenvalue weighted by molar-refractivity contribution is 0.318. The third-order valence-electron chi connectivity index (χ3n) is 3.17. The molecule has 0 bridgehead atoms. The van der Waals surface area contributed by atoms with Gasteiger partial charge in [0.1, 0.15) is 12.4 Å². The SMILES string of the molecule is CNCCOc1ccc(S(=O)(=O)NC2CC2C)cc1. The van der Waals surface area contributed by atoms with Crippen LogP contribution >= 0.6 is 0 Å². The van der Waals surface area contributed by atoms with E-state index in [-0.39, 0.29) is 10.9 Å². The summed E-state index contributed by atoms with van der Waals surface area (Å²) in [4.78, 5) is 0.285. The highest BCUT2D eigenvalue weighted by atomic mass is 32.2. The van der Waals surface area contributed by atoms with Crippen LogP contribution in [-0.4, -0.2) is 34.7 Å². The molecule has 2 N–H and O–H groups in total. The molecule has 0 aliphatic heterocycles. The van der Waals surface area contributed by atoms with Crippen LogP contribution in [0.3, 0.4) is 0 Å². The minimum absolute atomic E-state index is 0.0940. The summed E-state index contributed by atoms with van der Waals surface area (Å²) >= 11 is 0. The first-order valence-corrected chi connectivity index (χ1v) is 7.91. The molecule has 2 rings (SSSR count). The Morgan fingerprint density at radius 3 is 2.47 bits per heavy atom. The summed E-state index contributed by atoms with van der Waals surface area (Å²) in [5, 5.41) is 2.98. The van der Waals surface area contributed by atoms with E-state index in [0.29, 0.717) is 18.3 Å². The second-order valence-electron chi connectivity index (χ2n) is 4.86. The van der Waals surface area contributed by atoms with Gasteiger partial charge in [-0.2, -0.15) is 0 Å². The van der Waals surface area contributed by atoms with Gasteiger partial charge < -0.3 is 10.1 Å². The Labute approximate surface area is 114 Å². The fraction of sp³-hybridized carbons (Fsp3) is 0.538. The predicted molar refractivity (Wildman–Crippen MR) is 73.8 cm³/mol. The van der Waals surface area contributed by atoms with Gasteiger partial charge in [-0.25, -0.2) is 13.1 Å². The van der Waals surface area contributed by atoms with Crippen LogP contribution in [0.15, 0.2) is 29.2 Å². The molecule has 5 nitrogen and oxygen atoms in total. The first-order chi connectivity index (χ1) is 9.03. The molecular weight excluding hydrogens is 264 g/mol. The van der Waals surface area contributed by atoms with Gasteiger partial charge in [0, 0.05) is 12.6 Å². The number of likely N-dealkylation sites (N-methyl/N-ethyl adjacent to an activating group) is 1. The molecule has 1 aliphatic rings. The zero-order valence-electron chi connectivity index (χ0n) is 11.2. The highest BCUT2D eigenvalue weighted by Gasteiger charge is 2.36. The van der Waals surface area contributed by atoms with Crippen molar-refractivity contribution in [1.29, 1.82) is 0 Å². The molecule has 0 spiro atoms. The van der Waals surface area contributed by atoms with E-state index >= 15 is 0 Å². The second kappa shape index (κ2) is 5.90. The van der Waals surface area contributed by atoms with E-state index < -0.39 is 10.0 Å². The predicted octanol–water partition coefficient (Wildman–Crippen LogP) is 0.971. The summed E-state index contributed by atoms with van der Waals surface area (Å²) in [6.45, 7) is 3.34. The second-order valence-corrected chi connectivity index (χ2v) is 6.58. The molecule has 0 saturated heterocycles. The first kappa shape index (κ1) is 14.3. The molecule has 0 aromatic heterocycles. The Morgan fingerprint density at radius 1 is 1.32 bits per heavy atom. The molecule has 0 radical (unpaired) electrons. The first-order valence-electron chi connectivity index (χ1n) is 6.43. The van der Waals surface area contributed by atoms with Gasteiger partial charge in [0.2, 0.25) is 10.0 Å². The van der Waals surface area contributed by atoms with E-state index in [1.807, 2.05) is 14.0 Å². The van der Waals surface area contributed by atoms with E-state index in [4.69, 9.17) is 4.74 Å². The van der Waals surface area contributed by atoms with Gasteiger partial charge in [-0.15, -0.1) is 0 Å². The van der Waals surface area contributed by atoms with E-state index in [1.54, 1.807) is 24.3 Å². The number of hydrogen-bond acceptors (Lipinski definition) is 4. The lowest BCUT2D eigenvalue weighted by Crippen LogP contribution is -2.26. The van der Waals surface area contributed by atoms with E-state index in [1.165, 1.54) is 0 Å². The van der Waals surface area contributed by atoms with E-state index in [0.717, 1.165) is 13.0 Å². The van der Waals surface area contributed by atoms with Crippen molar-refractivity contribution in [2.75, 3.05) is 20.2 Å². The summed E-state index contributed by atoms with van der Waals surface area (Å²) < 4.78 is 32.2. The zero-order chi connectivity index (χ0) is 13.9. The summed E-state index contributed by atoms with van der Waals surface area (Å²) in [5.74, 6) is 1.12. The quantitative estimate of drug-likeness (QED) is 0.732. The van der Waals surface area contributed by atoms with Crippen LogP contribution in [0.5, 0.6) is 5.75 Å². The average molecular weight is 284 g/mol. The fourth-order valence-corrected chi connectivity index (χ4v) is 3.10. The molecule has 0 amide bonds. The molecule has 0 heterocycles. The number of nitrogens with one attached hydrogen (secondary N) is 2. The van der Waals surface area contributed by atoms with Crippen molar-refractivity contribution >= 4 is 10.0 Å². The minimum Gasteiger partial charge on any atom is -0.492 e. The standard InChI is InChI=1S/C13H20N2O3S/c1-10-9-13(10)15-19(16,17)12-5-3-11(4-6-12)18-8-7-14-2/h3-6,10,13-15H,7-9H2,1-2H3. The van der Waals surface area contributed by atoms with E-state index in [2.05, 4.69) is 10.0 Å². The lowest BCUT2D eigenvalue weighted by Gasteiger charge is -2.08. The van der Waals surface area contributed by atoms with Crippen molar-refractivity contribution < 1.29 is 13.2 Å². The fourth-order valence-electron chi connectivity index (χ4n) is 1.74. The molecule has 106 valence electrons. The molecule has 19 heavy (non-hydrogen) atoms. The normalized spacial score (nSPS) is 22.2. The number of rotatable bonds is 7. The summed E-state index contributed by atoms with van der Waals surface area (Å²) in [6, 6.07) is 6.60. The van der Waals surface area contributed by atoms with Gasteiger partial charge in [-0.1, -0.05) is 6.92 Å². The van der Waals surface area contributed by atoms with Gasteiger partial charge in [0.05, 0.1) is 4.90 Å². The molecule has 1 aromatic carbocycles. The minimum atomic E-state index is -3.39. The maximum atomic E-state index is 12.0. The van der Waals surface area contributed by atoms with Crippen LogP contribution in [0.4, 0.5) is 0 Å². The summed E-state index contributed by atoms with van der Waals surface area (Å²) in [7, 11) is -1.54. The van der Waals surface area contributed by atoms with Crippen molar-refractivity contribution in [1.82, 2.24) is 10.0 Å². The van der Waals surface area contributed by atoms with Crippen molar-refractivity contribution in [2.45, 2.75) is 24.3 Å². The topological polar surface area (TPSA) is 67.4 Å². The number of sulfonamides is 1. The zero-order valence-corrected chi connectivity index (χ0v) is 12.0. The smallest absolute Gasteiger partial charge is 0.240 e. The van der Waals surface area contributed by atoms with Crippen molar-refractivity contribution in [2.24, 2.45) is 5.92 Å². The Bertz CT molecular complexity index is 513. The maximum absolute atomic E-state index is 12.0. The monoisotopic (exact) mass is 284 g/mol. The van der Waals surface area contributed by atoms with Crippen LogP contribution in [0.25, 0.3) is 0 Å². The molecular formula is C13H20N2O3S. The molecule has 1 aromatic rings. The van der Waals surface area contributed by atoms with Crippen LogP contribution in [-0.2, 0) is 10.0 Å². The summed E-state index contributed by atoms with van der Waals surface area (Å²) in [6.07, 6.45) is 0.921. The Balaban J connectivity index is 1.97. The number of ether oxygens (including phenoxy) is 1. The summed E-state index contributed by atoms with van der Waals surface area (Å²) in [5.41, 5.74) is 0. The van der Waals surface area contributed by atoms with Gasteiger partial charge in [0.15, 0.2) is 0 Å². The molecule has 1 saturated carbocycles. The Hall–Kier alpha value is -1.11. The molecule has 2 atom stereocenters. The van der Waals surface area contributed by atoms with Crippen molar-refractivity contribution in [3.63, 3.8) is 0 Å². The molecule has 1 fully saturated rings. The van der Waals surface area contributed by atoms with Crippen LogP contribution in [0, 0.1) is 5.92 Å². The highest BCUT2D eigenvalue weighted by molar-refractivity contribution is 7.89. The number of hydrogen-bond donors (Lipinski definition) is 2. The van der Waals surface area contributed by atoms with Gasteiger partial charge in [-0.05, 0) is 43.7 Å². The van der Waals surface area contributed by atoms with E-state index in [9.17, 15) is 8.42 Å². The van der Waals surface area contributed by atoms with Gasteiger partial charge >= 0.3 is 0 Å². The molecule has 2 unspecified atom stereocenters. The van der Waals surface area contributed by atoms with Gasteiger partial charge in [0.25, 0.3) is 0 Å². The third-order valence-corrected chi connectivity index (χ3v) is 4.68. The van der Waals surface area contributed by atoms with Crippen LogP contribution in [0.2, 0.25) is 0 Å². The van der Waals surface area contributed by atoms with Crippen molar-refractivity contribution in [3.05, 3.63) is 24.3 Å².